The molecule has 0 N–H and O–H groups in total. The van der Waals surface area contributed by atoms with E-state index in [1.807, 2.05) is 12.1 Å². The number of para-hydroxylation sites is 2. The van der Waals surface area contributed by atoms with E-state index in [-0.39, 0.29) is 5.41 Å². The summed E-state index contributed by atoms with van der Waals surface area (Å²) in [5, 5.41) is 12.2. The van der Waals surface area contributed by atoms with Crippen molar-refractivity contribution in [3.63, 3.8) is 0 Å². The Kier molecular flexibility index (Phi) is 5.97. The molecule has 2 heterocycles. The molecule has 0 radical (unpaired) electrons. The Morgan fingerprint density at radius 1 is 0.365 bits per heavy atom. The molecule has 246 valence electrons. The fourth-order valence-corrected chi connectivity index (χ4v) is 8.54. The lowest BCUT2D eigenvalue weighted by atomic mass is 9.85. The molecule has 11 aromatic rings. The standard InChI is InChI=1S/C50H34O2/c1-50(2,3)34-19-11-29(12-20-34)35-21-13-30-16-26-42-36(22-14-31-15-25-41(35)47(30)48(31)42)32-17-23-39-40-24-18-33(28-46(40)51-45(39)27-32)37-8-6-9-43-38-7-4-5-10-44(38)52-49(37)43/h4-28H,1-3H3. The van der Waals surface area contributed by atoms with E-state index in [0.29, 0.717) is 0 Å². The highest BCUT2D eigenvalue weighted by atomic mass is 16.3. The minimum atomic E-state index is 0.122. The van der Waals surface area contributed by atoms with Gasteiger partial charge < -0.3 is 8.83 Å². The number of fused-ring (bicyclic) bond motifs is 6. The molecular weight excluding hydrogens is 633 g/mol. The maximum atomic E-state index is 6.64. The van der Waals surface area contributed by atoms with E-state index >= 15 is 0 Å². The molecule has 9 aromatic carbocycles. The molecule has 0 bridgehead atoms. The van der Waals surface area contributed by atoms with Gasteiger partial charge in [-0.05, 0) is 101 Å². The molecule has 0 aliphatic carbocycles. The third kappa shape index (κ3) is 4.25. The van der Waals surface area contributed by atoms with Crippen LogP contribution in [0.5, 0.6) is 0 Å². The summed E-state index contributed by atoms with van der Waals surface area (Å²) in [6.07, 6.45) is 0. The molecule has 0 atom stereocenters. The highest BCUT2D eigenvalue weighted by Crippen LogP contribution is 2.44. The summed E-state index contributed by atoms with van der Waals surface area (Å²) in [6.45, 7) is 6.80. The van der Waals surface area contributed by atoms with Crippen molar-refractivity contribution in [3.8, 4) is 33.4 Å². The van der Waals surface area contributed by atoms with Gasteiger partial charge in [0.1, 0.15) is 22.3 Å². The van der Waals surface area contributed by atoms with Crippen LogP contribution in [0.15, 0.2) is 160 Å². The fourth-order valence-electron chi connectivity index (χ4n) is 8.54. The normalized spacial score (nSPS) is 12.5. The number of benzene rings is 9. The van der Waals surface area contributed by atoms with Crippen molar-refractivity contribution in [3.05, 3.63) is 157 Å². The van der Waals surface area contributed by atoms with E-state index in [0.717, 1.165) is 60.6 Å². The summed E-state index contributed by atoms with van der Waals surface area (Å²) >= 11 is 0. The number of furan rings is 2. The Balaban J connectivity index is 1.04. The fraction of sp³-hybridized carbons (Fsp3) is 0.0800. The van der Waals surface area contributed by atoms with Gasteiger partial charge in [0, 0.05) is 27.1 Å². The Labute approximate surface area is 300 Å². The van der Waals surface area contributed by atoms with Crippen molar-refractivity contribution in [2.24, 2.45) is 0 Å². The molecule has 0 saturated carbocycles. The largest absolute Gasteiger partial charge is 0.456 e. The molecule has 0 aliphatic rings. The molecular formula is C50H34O2. The van der Waals surface area contributed by atoms with Crippen molar-refractivity contribution in [1.82, 2.24) is 0 Å². The molecule has 2 nitrogen and oxygen atoms in total. The first-order valence-electron chi connectivity index (χ1n) is 18.1. The van der Waals surface area contributed by atoms with Gasteiger partial charge in [-0.3, -0.25) is 0 Å². The highest BCUT2D eigenvalue weighted by molar-refractivity contribution is 6.27. The molecule has 2 heteroatoms. The second-order valence-electron chi connectivity index (χ2n) is 15.3. The van der Waals surface area contributed by atoms with E-state index in [1.165, 1.54) is 54.6 Å². The number of hydrogen-bond donors (Lipinski definition) is 0. The van der Waals surface area contributed by atoms with Crippen molar-refractivity contribution >= 4 is 76.2 Å². The Hall–Kier alpha value is -6.38. The first kappa shape index (κ1) is 29.4. The predicted molar refractivity (Wildman–Crippen MR) is 220 cm³/mol. The van der Waals surface area contributed by atoms with E-state index in [2.05, 4.69) is 160 Å². The Morgan fingerprint density at radius 2 is 0.885 bits per heavy atom. The Morgan fingerprint density at radius 3 is 1.54 bits per heavy atom. The predicted octanol–water partition coefficient (Wildman–Crippen LogP) is 14.7. The summed E-state index contributed by atoms with van der Waals surface area (Å²) < 4.78 is 13.0. The van der Waals surface area contributed by atoms with Crippen LogP contribution in [-0.4, -0.2) is 0 Å². The monoisotopic (exact) mass is 666 g/mol. The average Bonchev–Trinajstić information content (AvgIpc) is 3.74. The van der Waals surface area contributed by atoms with Gasteiger partial charge in [0.05, 0.1) is 0 Å². The third-order valence-corrected chi connectivity index (χ3v) is 11.2. The summed E-state index contributed by atoms with van der Waals surface area (Å²) in [4.78, 5) is 0. The smallest absolute Gasteiger partial charge is 0.143 e. The zero-order chi connectivity index (χ0) is 34.7. The van der Waals surface area contributed by atoms with Gasteiger partial charge in [0.2, 0.25) is 0 Å². The van der Waals surface area contributed by atoms with Gasteiger partial charge >= 0.3 is 0 Å². The van der Waals surface area contributed by atoms with Gasteiger partial charge in [-0.1, -0.05) is 142 Å². The first-order valence-corrected chi connectivity index (χ1v) is 18.1. The van der Waals surface area contributed by atoms with E-state index in [9.17, 15) is 0 Å². The van der Waals surface area contributed by atoms with Crippen LogP contribution in [0.1, 0.15) is 26.3 Å². The van der Waals surface area contributed by atoms with E-state index < -0.39 is 0 Å². The van der Waals surface area contributed by atoms with Crippen molar-refractivity contribution in [2.45, 2.75) is 26.2 Å². The molecule has 2 aromatic heterocycles. The lowest BCUT2D eigenvalue weighted by Gasteiger charge is -2.20. The van der Waals surface area contributed by atoms with Gasteiger partial charge in [-0.25, -0.2) is 0 Å². The van der Waals surface area contributed by atoms with Crippen molar-refractivity contribution in [1.29, 1.82) is 0 Å². The second-order valence-corrected chi connectivity index (χ2v) is 15.3. The lowest BCUT2D eigenvalue weighted by molar-refractivity contribution is 0.590. The molecule has 0 amide bonds. The second kappa shape index (κ2) is 10.6. The SMILES string of the molecule is CC(C)(C)c1ccc(-c2ccc3ccc4c(-c5ccc6c(c5)oc5cc(-c7cccc8c7oc7ccccc78)ccc56)ccc5ccc2c3c54)cc1. The quantitative estimate of drug-likeness (QED) is 0.175. The van der Waals surface area contributed by atoms with Crippen LogP contribution in [0.25, 0.3) is 110 Å². The van der Waals surface area contributed by atoms with Crippen LogP contribution in [0.2, 0.25) is 0 Å². The van der Waals surface area contributed by atoms with Crippen LogP contribution in [0.3, 0.4) is 0 Å². The van der Waals surface area contributed by atoms with Crippen molar-refractivity contribution in [2.75, 3.05) is 0 Å². The van der Waals surface area contributed by atoms with Crippen LogP contribution in [0.4, 0.5) is 0 Å². The van der Waals surface area contributed by atoms with Crippen LogP contribution in [0, 0.1) is 0 Å². The van der Waals surface area contributed by atoms with E-state index in [4.69, 9.17) is 8.83 Å². The van der Waals surface area contributed by atoms with Gasteiger partial charge in [-0.2, -0.15) is 0 Å². The Bertz CT molecular complexity index is 3200. The van der Waals surface area contributed by atoms with Crippen LogP contribution in [-0.2, 0) is 5.41 Å². The summed E-state index contributed by atoms with van der Waals surface area (Å²) in [7, 11) is 0. The summed E-state index contributed by atoms with van der Waals surface area (Å²) in [5.74, 6) is 0. The molecule has 0 spiro atoms. The van der Waals surface area contributed by atoms with Gasteiger partial charge in [-0.15, -0.1) is 0 Å². The highest BCUT2D eigenvalue weighted by Gasteiger charge is 2.18. The first-order chi connectivity index (χ1) is 25.4. The van der Waals surface area contributed by atoms with Crippen LogP contribution >= 0.6 is 0 Å². The maximum absolute atomic E-state index is 6.64. The zero-order valence-electron chi connectivity index (χ0n) is 29.3. The minimum absolute atomic E-state index is 0.122. The van der Waals surface area contributed by atoms with Gasteiger partial charge in [0.15, 0.2) is 0 Å². The molecule has 0 saturated heterocycles. The number of hydrogen-bond acceptors (Lipinski definition) is 2. The molecule has 0 fully saturated rings. The minimum Gasteiger partial charge on any atom is -0.456 e. The third-order valence-electron chi connectivity index (χ3n) is 11.2. The lowest BCUT2D eigenvalue weighted by Crippen LogP contribution is -2.10. The molecule has 11 rings (SSSR count). The molecule has 0 unspecified atom stereocenters. The summed E-state index contributed by atoms with van der Waals surface area (Å²) in [6, 6.07) is 55.2. The van der Waals surface area contributed by atoms with Crippen molar-refractivity contribution < 1.29 is 8.83 Å². The molecule has 0 aliphatic heterocycles. The molecule has 52 heavy (non-hydrogen) atoms. The number of rotatable bonds is 3. The van der Waals surface area contributed by atoms with Crippen LogP contribution < -0.4 is 0 Å². The van der Waals surface area contributed by atoms with Gasteiger partial charge in [0.25, 0.3) is 0 Å². The maximum Gasteiger partial charge on any atom is 0.143 e. The average molecular weight is 667 g/mol. The zero-order valence-corrected chi connectivity index (χ0v) is 29.3. The topological polar surface area (TPSA) is 26.3 Å². The summed E-state index contributed by atoms with van der Waals surface area (Å²) in [5.41, 5.74) is 12.1. The van der Waals surface area contributed by atoms with E-state index in [1.54, 1.807) is 0 Å².